The molecule has 2 nitrogen and oxygen atoms in total. The van der Waals surface area contributed by atoms with Gasteiger partial charge in [-0.1, -0.05) is 13.8 Å². The number of nitrogens with zero attached hydrogens (tertiary/aromatic N) is 1. The fraction of sp³-hybridized carbons (Fsp3) is 0.909. The third-order valence-corrected chi connectivity index (χ3v) is 2.79. The second-order valence-corrected chi connectivity index (χ2v) is 4.60. The van der Waals surface area contributed by atoms with Gasteiger partial charge in [0.2, 0.25) is 0 Å². The van der Waals surface area contributed by atoms with E-state index in [1.807, 2.05) is 0 Å². The van der Waals surface area contributed by atoms with Gasteiger partial charge in [0.25, 0.3) is 0 Å². The molecule has 76 valence electrons. The Kier molecular flexibility index (Phi) is 3.91. The smallest absolute Gasteiger partial charge is 0.133 e. The molecule has 0 aromatic rings. The van der Waals surface area contributed by atoms with E-state index >= 15 is 0 Å². The second-order valence-electron chi connectivity index (χ2n) is 4.60. The normalized spacial score (nSPS) is 20.2. The highest BCUT2D eigenvalue weighted by atomic mass is 16.1. The molecule has 1 aliphatic carbocycles. The molecule has 0 heterocycles. The van der Waals surface area contributed by atoms with E-state index in [1.54, 1.807) is 0 Å². The first-order valence-electron chi connectivity index (χ1n) is 5.31. The van der Waals surface area contributed by atoms with Crippen LogP contribution in [-0.4, -0.2) is 30.3 Å². The Morgan fingerprint density at radius 2 is 1.92 bits per heavy atom. The Bertz CT molecular complexity index is 167. The lowest BCUT2D eigenvalue weighted by Gasteiger charge is -2.31. The number of carbonyl (C=O) groups is 1. The van der Waals surface area contributed by atoms with Crippen molar-refractivity contribution in [1.82, 2.24) is 4.90 Å². The molecule has 2 heteroatoms. The average Bonchev–Trinajstić information content (AvgIpc) is 2.04. The van der Waals surface area contributed by atoms with Gasteiger partial charge in [0, 0.05) is 25.4 Å². The molecule has 1 aliphatic rings. The number of Topliss-reactive ketones (excluding diaryl/α,β-unsaturated/α-hetero) is 1. The van der Waals surface area contributed by atoms with E-state index in [0.29, 0.717) is 11.8 Å². The van der Waals surface area contributed by atoms with E-state index in [-0.39, 0.29) is 0 Å². The van der Waals surface area contributed by atoms with Gasteiger partial charge >= 0.3 is 0 Å². The maximum absolute atomic E-state index is 11.0. The fourth-order valence-corrected chi connectivity index (χ4v) is 2.09. The molecule has 0 unspecified atom stereocenters. The van der Waals surface area contributed by atoms with Crippen molar-refractivity contribution in [2.75, 3.05) is 13.6 Å². The first kappa shape index (κ1) is 10.7. The number of carbonyl (C=O) groups excluding carboxylic acids is 1. The van der Waals surface area contributed by atoms with Crippen molar-refractivity contribution < 1.29 is 4.79 Å². The van der Waals surface area contributed by atoms with Crippen molar-refractivity contribution in [2.45, 2.75) is 45.6 Å². The summed E-state index contributed by atoms with van der Waals surface area (Å²) in [5.41, 5.74) is 0. The molecule has 0 aromatic carbocycles. The number of ketones is 1. The third kappa shape index (κ3) is 3.47. The SMILES string of the molecule is CC(C)CN(C)C1CCC(=O)CC1. The highest BCUT2D eigenvalue weighted by Gasteiger charge is 2.22. The number of rotatable bonds is 3. The Labute approximate surface area is 81.3 Å². The van der Waals surface area contributed by atoms with E-state index in [1.165, 1.54) is 0 Å². The van der Waals surface area contributed by atoms with Crippen LogP contribution < -0.4 is 0 Å². The minimum Gasteiger partial charge on any atom is -0.303 e. The summed E-state index contributed by atoms with van der Waals surface area (Å²) < 4.78 is 0. The van der Waals surface area contributed by atoms with Crippen molar-refractivity contribution in [3.63, 3.8) is 0 Å². The summed E-state index contributed by atoms with van der Waals surface area (Å²) in [5, 5.41) is 0. The largest absolute Gasteiger partial charge is 0.303 e. The predicted molar refractivity (Wildman–Crippen MR) is 54.7 cm³/mol. The van der Waals surface area contributed by atoms with E-state index in [9.17, 15) is 4.79 Å². The Hall–Kier alpha value is -0.370. The molecule has 0 amide bonds. The maximum Gasteiger partial charge on any atom is 0.133 e. The van der Waals surface area contributed by atoms with Crippen LogP contribution in [0.1, 0.15) is 39.5 Å². The molecule has 0 spiro atoms. The van der Waals surface area contributed by atoms with E-state index in [4.69, 9.17) is 0 Å². The van der Waals surface area contributed by atoms with Crippen LogP contribution in [0.5, 0.6) is 0 Å². The van der Waals surface area contributed by atoms with E-state index in [0.717, 1.165) is 38.1 Å². The van der Waals surface area contributed by atoms with E-state index in [2.05, 4.69) is 25.8 Å². The van der Waals surface area contributed by atoms with Crippen molar-refractivity contribution in [3.8, 4) is 0 Å². The molecule has 0 aliphatic heterocycles. The second kappa shape index (κ2) is 4.75. The van der Waals surface area contributed by atoms with Gasteiger partial charge in [-0.15, -0.1) is 0 Å². The highest BCUT2D eigenvalue weighted by molar-refractivity contribution is 5.79. The van der Waals surface area contributed by atoms with Crippen molar-refractivity contribution in [1.29, 1.82) is 0 Å². The minimum atomic E-state index is 0.453. The van der Waals surface area contributed by atoms with E-state index < -0.39 is 0 Å². The lowest BCUT2D eigenvalue weighted by molar-refractivity contribution is -0.121. The van der Waals surface area contributed by atoms with Crippen LogP contribution in [0.25, 0.3) is 0 Å². The van der Waals surface area contributed by atoms with Gasteiger partial charge in [0.1, 0.15) is 5.78 Å². The van der Waals surface area contributed by atoms with Crippen molar-refractivity contribution >= 4 is 5.78 Å². The van der Waals surface area contributed by atoms with Crippen LogP contribution in [0.4, 0.5) is 0 Å². The Balaban J connectivity index is 2.31. The zero-order valence-electron chi connectivity index (χ0n) is 9.05. The molecular weight excluding hydrogens is 162 g/mol. The summed E-state index contributed by atoms with van der Waals surface area (Å²) in [6.45, 7) is 5.63. The van der Waals surface area contributed by atoms with Crippen LogP contribution in [0.2, 0.25) is 0 Å². The molecule has 0 radical (unpaired) electrons. The molecule has 0 saturated heterocycles. The number of hydrogen-bond donors (Lipinski definition) is 0. The molecule has 0 N–H and O–H groups in total. The summed E-state index contributed by atoms with van der Waals surface area (Å²) in [7, 11) is 2.18. The summed E-state index contributed by atoms with van der Waals surface area (Å²) >= 11 is 0. The number of hydrogen-bond acceptors (Lipinski definition) is 2. The monoisotopic (exact) mass is 183 g/mol. The molecular formula is C11H21NO. The average molecular weight is 183 g/mol. The predicted octanol–water partition coefficient (Wildman–Crippen LogP) is 2.09. The minimum absolute atomic E-state index is 0.453. The summed E-state index contributed by atoms with van der Waals surface area (Å²) in [4.78, 5) is 13.4. The standard InChI is InChI=1S/C11H21NO/c1-9(2)8-12(3)10-4-6-11(13)7-5-10/h9-10H,4-8H2,1-3H3. The quantitative estimate of drug-likeness (QED) is 0.667. The van der Waals surface area contributed by atoms with Crippen LogP contribution in [0.3, 0.4) is 0 Å². The molecule has 1 fully saturated rings. The van der Waals surface area contributed by atoms with Gasteiger partial charge < -0.3 is 4.90 Å². The van der Waals surface area contributed by atoms with Crippen molar-refractivity contribution in [3.05, 3.63) is 0 Å². The zero-order valence-corrected chi connectivity index (χ0v) is 9.05. The van der Waals surface area contributed by atoms with Crippen LogP contribution >= 0.6 is 0 Å². The molecule has 0 bridgehead atoms. The first-order valence-corrected chi connectivity index (χ1v) is 5.31. The summed E-state index contributed by atoms with van der Waals surface area (Å²) in [6.07, 6.45) is 3.74. The van der Waals surface area contributed by atoms with Crippen molar-refractivity contribution in [2.24, 2.45) is 5.92 Å². The Morgan fingerprint density at radius 1 is 1.38 bits per heavy atom. The fourth-order valence-electron chi connectivity index (χ4n) is 2.09. The van der Waals surface area contributed by atoms with Gasteiger partial charge in [-0.2, -0.15) is 0 Å². The van der Waals surface area contributed by atoms with Gasteiger partial charge in [-0.3, -0.25) is 4.79 Å². The lowest BCUT2D eigenvalue weighted by Crippen LogP contribution is -2.37. The topological polar surface area (TPSA) is 20.3 Å². The molecule has 1 saturated carbocycles. The summed E-state index contributed by atoms with van der Waals surface area (Å²) in [6, 6.07) is 0.653. The Morgan fingerprint density at radius 3 is 2.38 bits per heavy atom. The first-order chi connectivity index (χ1) is 6.09. The van der Waals surface area contributed by atoms with Crippen LogP contribution in [0, 0.1) is 5.92 Å². The van der Waals surface area contributed by atoms with Crippen LogP contribution in [-0.2, 0) is 4.79 Å². The molecule has 0 aromatic heterocycles. The van der Waals surface area contributed by atoms with Crippen LogP contribution in [0.15, 0.2) is 0 Å². The third-order valence-electron chi connectivity index (χ3n) is 2.79. The van der Waals surface area contributed by atoms with Gasteiger partial charge in [0.05, 0.1) is 0 Å². The zero-order chi connectivity index (χ0) is 9.84. The molecule has 0 atom stereocenters. The van der Waals surface area contributed by atoms with Gasteiger partial charge in [-0.05, 0) is 25.8 Å². The highest BCUT2D eigenvalue weighted by Crippen LogP contribution is 2.19. The summed E-state index contributed by atoms with van der Waals surface area (Å²) in [5.74, 6) is 1.18. The lowest BCUT2D eigenvalue weighted by atomic mass is 9.93. The molecule has 13 heavy (non-hydrogen) atoms. The van der Waals surface area contributed by atoms with Gasteiger partial charge in [-0.25, -0.2) is 0 Å². The van der Waals surface area contributed by atoms with Gasteiger partial charge in [0.15, 0.2) is 0 Å². The maximum atomic E-state index is 11.0. The molecule has 1 rings (SSSR count).